The van der Waals surface area contributed by atoms with Crippen LogP contribution in [-0.4, -0.2) is 51.9 Å². The minimum Gasteiger partial charge on any atom is -0.369 e. The summed E-state index contributed by atoms with van der Waals surface area (Å²) in [5.74, 6) is -0.301. The Kier molecular flexibility index (Phi) is 7.19. The fourth-order valence-electron chi connectivity index (χ4n) is 4.13. The molecule has 1 fully saturated rings. The van der Waals surface area contributed by atoms with Crippen LogP contribution in [0.4, 0.5) is 17.1 Å². The summed E-state index contributed by atoms with van der Waals surface area (Å²) in [5.41, 5.74) is 3.69. The van der Waals surface area contributed by atoms with Crippen LogP contribution in [0, 0.1) is 6.92 Å². The molecule has 3 aromatic carbocycles. The van der Waals surface area contributed by atoms with E-state index in [1.807, 2.05) is 12.1 Å². The molecule has 0 aliphatic carbocycles. The first kappa shape index (κ1) is 23.8. The highest BCUT2D eigenvalue weighted by atomic mass is 32.2. The van der Waals surface area contributed by atoms with E-state index in [0.29, 0.717) is 16.9 Å². The van der Waals surface area contributed by atoms with Gasteiger partial charge >= 0.3 is 0 Å². The summed E-state index contributed by atoms with van der Waals surface area (Å²) >= 11 is 0. The molecule has 0 bridgehead atoms. The van der Waals surface area contributed by atoms with E-state index < -0.39 is 10.0 Å². The normalized spacial score (nSPS) is 14.6. The van der Waals surface area contributed by atoms with Gasteiger partial charge in [0.2, 0.25) is 0 Å². The Morgan fingerprint density at radius 2 is 1.62 bits per heavy atom. The minimum absolute atomic E-state index is 0.163. The molecule has 0 radical (unpaired) electrons. The summed E-state index contributed by atoms with van der Waals surface area (Å²) in [6.07, 6.45) is 0. The summed E-state index contributed by atoms with van der Waals surface area (Å²) in [7, 11) is -3.73. The summed E-state index contributed by atoms with van der Waals surface area (Å²) < 4.78 is 27.7. The molecular formula is C26H30N4O3S. The lowest BCUT2D eigenvalue weighted by Gasteiger charge is -2.36. The Hall–Kier alpha value is -3.36. The molecule has 1 aliphatic rings. The number of carbonyl (C=O) groups is 1. The van der Waals surface area contributed by atoms with E-state index in [1.165, 1.54) is 23.9 Å². The highest BCUT2D eigenvalue weighted by Gasteiger charge is 2.18. The number of amides is 1. The zero-order valence-electron chi connectivity index (χ0n) is 19.5. The molecule has 1 aliphatic heterocycles. The lowest BCUT2D eigenvalue weighted by atomic mass is 10.1. The Morgan fingerprint density at radius 1 is 0.882 bits per heavy atom. The number of aryl methyl sites for hydroxylation is 1. The van der Waals surface area contributed by atoms with Gasteiger partial charge in [0, 0.05) is 48.8 Å². The zero-order valence-corrected chi connectivity index (χ0v) is 20.3. The van der Waals surface area contributed by atoms with E-state index >= 15 is 0 Å². The van der Waals surface area contributed by atoms with Crippen LogP contribution in [0.2, 0.25) is 0 Å². The van der Waals surface area contributed by atoms with Crippen LogP contribution in [0.3, 0.4) is 0 Å². The first-order valence-electron chi connectivity index (χ1n) is 11.4. The second kappa shape index (κ2) is 10.3. The van der Waals surface area contributed by atoms with E-state index in [2.05, 4.69) is 39.8 Å². The predicted molar refractivity (Wildman–Crippen MR) is 137 cm³/mol. The number of likely N-dealkylation sites (N-methyl/N-ethyl adjacent to an activating group) is 1. The number of piperazine rings is 1. The number of hydrogen-bond acceptors (Lipinski definition) is 5. The van der Waals surface area contributed by atoms with E-state index in [-0.39, 0.29) is 10.8 Å². The van der Waals surface area contributed by atoms with E-state index in [0.717, 1.165) is 38.3 Å². The molecule has 0 saturated carbocycles. The number of carbonyl (C=O) groups excluding carboxylic acids is 1. The molecule has 2 N–H and O–H groups in total. The monoisotopic (exact) mass is 478 g/mol. The molecular weight excluding hydrogens is 448 g/mol. The average molecular weight is 479 g/mol. The maximum Gasteiger partial charge on any atom is 0.261 e. The van der Waals surface area contributed by atoms with Crippen molar-refractivity contribution in [2.45, 2.75) is 18.7 Å². The van der Waals surface area contributed by atoms with Crippen molar-refractivity contribution in [2.24, 2.45) is 0 Å². The first-order valence-corrected chi connectivity index (χ1v) is 12.9. The molecule has 1 amide bonds. The third-order valence-corrected chi connectivity index (χ3v) is 7.44. The van der Waals surface area contributed by atoms with E-state index in [9.17, 15) is 13.2 Å². The van der Waals surface area contributed by atoms with Crippen molar-refractivity contribution in [1.29, 1.82) is 0 Å². The van der Waals surface area contributed by atoms with Crippen molar-refractivity contribution < 1.29 is 13.2 Å². The van der Waals surface area contributed by atoms with Crippen LogP contribution in [-0.2, 0) is 10.0 Å². The van der Waals surface area contributed by atoms with Gasteiger partial charge in [0.05, 0.1) is 4.90 Å². The highest BCUT2D eigenvalue weighted by Crippen LogP contribution is 2.25. The minimum atomic E-state index is -3.73. The zero-order chi connectivity index (χ0) is 24.1. The Labute approximate surface area is 201 Å². The molecule has 178 valence electrons. The van der Waals surface area contributed by atoms with E-state index in [4.69, 9.17) is 0 Å². The number of benzene rings is 3. The van der Waals surface area contributed by atoms with Gasteiger partial charge in [-0.05, 0) is 67.6 Å². The smallest absolute Gasteiger partial charge is 0.261 e. The van der Waals surface area contributed by atoms with Crippen molar-refractivity contribution in [3.05, 3.63) is 83.9 Å². The summed E-state index contributed by atoms with van der Waals surface area (Å²) in [6, 6.07) is 20.5. The number of nitrogens with zero attached hydrogens (tertiary/aromatic N) is 2. The fraction of sp³-hybridized carbons (Fsp3) is 0.269. The van der Waals surface area contributed by atoms with Crippen molar-refractivity contribution in [2.75, 3.05) is 47.7 Å². The maximum absolute atomic E-state index is 12.9. The molecule has 7 nitrogen and oxygen atoms in total. The van der Waals surface area contributed by atoms with Gasteiger partial charge in [-0.3, -0.25) is 9.52 Å². The van der Waals surface area contributed by atoms with Gasteiger partial charge in [0.1, 0.15) is 0 Å². The lowest BCUT2D eigenvalue weighted by Crippen LogP contribution is -2.46. The standard InChI is InChI=1S/C26H30N4O3S/c1-3-29-14-16-30(17-15-29)25-13-12-22(18-20(25)2)27-26(31)21-8-7-9-23(19-21)28-34(32,33)24-10-5-4-6-11-24/h4-13,18-19,28H,3,14-17H2,1-2H3,(H,27,31). The topological polar surface area (TPSA) is 81.8 Å². The Balaban J connectivity index is 1.43. The second-order valence-corrected chi connectivity index (χ2v) is 10.1. The third-order valence-electron chi connectivity index (χ3n) is 6.05. The molecule has 0 unspecified atom stereocenters. The van der Waals surface area contributed by atoms with Gasteiger partial charge in [-0.2, -0.15) is 0 Å². The van der Waals surface area contributed by atoms with Crippen molar-refractivity contribution in [1.82, 2.24) is 4.90 Å². The van der Waals surface area contributed by atoms with Crippen LogP contribution < -0.4 is 14.9 Å². The molecule has 3 aromatic rings. The third kappa shape index (κ3) is 5.58. The van der Waals surface area contributed by atoms with Crippen LogP contribution in [0.1, 0.15) is 22.8 Å². The largest absolute Gasteiger partial charge is 0.369 e. The van der Waals surface area contributed by atoms with Gasteiger partial charge in [0.25, 0.3) is 15.9 Å². The Bertz CT molecular complexity index is 1250. The van der Waals surface area contributed by atoms with E-state index in [1.54, 1.807) is 36.4 Å². The van der Waals surface area contributed by atoms with Gasteiger partial charge in [-0.15, -0.1) is 0 Å². The average Bonchev–Trinajstić information content (AvgIpc) is 2.85. The van der Waals surface area contributed by atoms with Gasteiger partial charge in [0.15, 0.2) is 0 Å². The SMILES string of the molecule is CCN1CCN(c2ccc(NC(=O)c3cccc(NS(=O)(=O)c4ccccc4)c3)cc2C)CC1. The van der Waals surface area contributed by atoms with Gasteiger partial charge in [-0.1, -0.05) is 31.2 Å². The molecule has 1 saturated heterocycles. The van der Waals surface area contributed by atoms with Crippen LogP contribution in [0.25, 0.3) is 0 Å². The second-order valence-electron chi connectivity index (χ2n) is 8.38. The van der Waals surface area contributed by atoms with Gasteiger partial charge in [-0.25, -0.2) is 8.42 Å². The van der Waals surface area contributed by atoms with Crippen LogP contribution >= 0.6 is 0 Å². The number of hydrogen-bond donors (Lipinski definition) is 2. The number of anilines is 3. The van der Waals surface area contributed by atoms with Crippen LogP contribution in [0.15, 0.2) is 77.7 Å². The number of rotatable bonds is 7. The Morgan fingerprint density at radius 3 is 2.29 bits per heavy atom. The molecule has 34 heavy (non-hydrogen) atoms. The molecule has 0 atom stereocenters. The van der Waals surface area contributed by atoms with Gasteiger partial charge < -0.3 is 15.1 Å². The number of sulfonamides is 1. The fourth-order valence-corrected chi connectivity index (χ4v) is 5.20. The predicted octanol–water partition coefficient (Wildman–Crippen LogP) is 4.19. The first-order chi connectivity index (χ1) is 16.4. The summed E-state index contributed by atoms with van der Waals surface area (Å²) in [5, 5.41) is 2.92. The molecule has 1 heterocycles. The van der Waals surface area contributed by atoms with Crippen molar-refractivity contribution in [3.63, 3.8) is 0 Å². The molecule has 4 rings (SSSR count). The quantitative estimate of drug-likeness (QED) is 0.532. The van der Waals surface area contributed by atoms with Crippen molar-refractivity contribution >= 4 is 33.0 Å². The number of nitrogens with one attached hydrogen (secondary N) is 2. The van der Waals surface area contributed by atoms with Crippen molar-refractivity contribution in [3.8, 4) is 0 Å². The molecule has 0 aromatic heterocycles. The summed E-state index contributed by atoms with van der Waals surface area (Å²) in [4.78, 5) is 17.9. The highest BCUT2D eigenvalue weighted by molar-refractivity contribution is 7.92. The van der Waals surface area contributed by atoms with Crippen LogP contribution in [0.5, 0.6) is 0 Å². The summed E-state index contributed by atoms with van der Waals surface area (Å²) in [6.45, 7) is 9.41. The molecule has 0 spiro atoms. The maximum atomic E-state index is 12.9. The molecule has 8 heteroatoms. The lowest BCUT2D eigenvalue weighted by molar-refractivity contribution is 0.102.